The number of H-pyrrole nitrogens is 1. The lowest BCUT2D eigenvalue weighted by molar-refractivity contribution is 0.0888. The summed E-state index contributed by atoms with van der Waals surface area (Å²) < 4.78 is 13.4. The number of aromatic amines is 1. The maximum atomic E-state index is 13.2. The average Bonchev–Trinajstić information content (AvgIpc) is 3.59. The van der Waals surface area contributed by atoms with Crippen molar-refractivity contribution in [2.45, 2.75) is 64.9 Å². The van der Waals surface area contributed by atoms with Gasteiger partial charge in [0.25, 0.3) is 5.56 Å². The predicted molar refractivity (Wildman–Crippen MR) is 141 cm³/mol. The first-order valence-electron chi connectivity index (χ1n) is 13.1. The van der Waals surface area contributed by atoms with Gasteiger partial charge in [0, 0.05) is 36.2 Å². The molecule has 1 fully saturated rings. The Morgan fingerprint density at radius 2 is 2.03 bits per heavy atom. The fourth-order valence-electron chi connectivity index (χ4n) is 5.08. The number of fused-ring (bicyclic) bond motifs is 1. The molecule has 0 amide bonds. The minimum Gasteiger partial charge on any atom is -0.494 e. The molecule has 0 saturated carbocycles. The maximum Gasteiger partial charge on any atom is 0.252 e. The summed E-state index contributed by atoms with van der Waals surface area (Å²) in [7, 11) is 0. The SMILES string of the molecule is CCOc1ccc2[nH]c(=O)c(CN(Cc3ccccc3)[C@@H](CC)c3nnnn3C[C@H]3CCCO3)cc2c1. The van der Waals surface area contributed by atoms with E-state index in [0.717, 1.165) is 53.9 Å². The lowest BCUT2D eigenvalue weighted by Gasteiger charge is -2.30. The fraction of sp³-hybridized carbons (Fsp3) is 0.429. The molecule has 3 heterocycles. The fourth-order valence-corrected chi connectivity index (χ4v) is 5.08. The largest absolute Gasteiger partial charge is 0.494 e. The second kappa shape index (κ2) is 11.7. The number of nitrogens with zero attached hydrogens (tertiary/aromatic N) is 5. The van der Waals surface area contributed by atoms with Gasteiger partial charge < -0.3 is 14.5 Å². The van der Waals surface area contributed by atoms with Crippen molar-refractivity contribution in [2.75, 3.05) is 13.2 Å². The van der Waals surface area contributed by atoms with Gasteiger partial charge in [-0.3, -0.25) is 9.69 Å². The van der Waals surface area contributed by atoms with Crippen LogP contribution in [0, 0.1) is 0 Å². The number of aromatic nitrogens is 5. The number of nitrogens with one attached hydrogen (secondary N) is 1. The number of rotatable bonds is 11. The molecule has 1 N–H and O–H groups in total. The molecule has 9 heteroatoms. The molecule has 0 spiro atoms. The highest BCUT2D eigenvalue weighted by Gasteiger charge is 2.28. The molecule has 9 nitrogen and oxygen atoms in total. The van der Waals surface area contributed by atoms with Crippen LogP contribution in [-0.2, 0) is 24.4 Å². The number of hydrogen-bond acceptors (Lipinski definition) is 7. The number of hydrogen-bond donors (Lipinski definition) is 1. The van der Waals surface area contributed by atoms with Crippen LogP contribution in [0.4, 0.5) is 0 Å². The Hall–Kier alpha value is -3.56. The van der Waals surface area contributed by atoms with Crippen molar-refractivity contribution in [1.29, 1.82) is 0 Å². The highest BCUT2D eigenvalue weighted by Crippen LogP contribution is 2.28. The summed E-state index contributed by atoms with van der Waals surface area (Å²) in [6.45, 7) is 7.20. The van der Waals surface area contributed by atoms with Crippen molar-refractivity contribution in [3.8, 4) is 5.75 Å². The van der Waals surface area contributed by atoms with Gasteiger partial charge in [0.1, 0.15) is 5.75 Å². The molecular weight excluding hydrogens is 468 g/mol. The zero-order chi connectivity index (χ0) is 25.6. The molecule has 2 aromatic carbocycles. The first-order chi connectivity index (χ1) is 18.1. The van der Waals surface area contributed by atoms with Crippen LogP contribution in [-0.4, -0.2) is 49.4 Å². The van der Waals surface area contributed by atoms with E-state index in [-0.39, 0.29) is 17.7 Å². The molecule has 194 valence electrons. The quantitative estimate of drug-likeness (QED) is 0.327. The topological polar surface area (TPSA) is 98.2 Å². The third-order valence-corrected chi connectivity index (χ3v) is 6.89. The van der Waals surface area contributed by atoms with Crippen molar-refractivity contribution >= 4 is 10.9 Å². The van der Waals surface area contributed by atoms with E-state index in [1.165, 1.54) is 0 Å². The summed E-state index contributed by atoms with van der Waals surface area (Å²) in [4.78, 5) is 18.5. The molecule has 1 aliphatic heterocycles. The normalized spacial score (nSPS) is 16.5. The van der Waals surface area contributed by atoms with E-state index in [1.54, 1.807) is 0 Å². The van der Waals surface area contributed by atoms with Gasteiger partial charge in [-0.25, -0.2) is 4.68 Å². The van der Waals surface area contributed by atoms with Crippen LogP contribution < -0.4 is 10.3 Å². The summed E-state index contributed by atoms with van der Waals surface area (Å²) in [5.74, 6) is 1.58. The Bertz CT molecular complexity index is 1360. The molecule has 2 aromatic heterocycles. The smallest absolute Gasteiger partial charge is 0.252 e. The molecule has 0 aliphatic carbocycles. The van der Waals surface area contributed by atoms with E-state index in [4.69, 9.17) is 9.47 Å². The van der Waals surface area contributed by atoms with Crippen molar-refractivity contribution in [2.24, 2.45) is 0 Å². The van der Waals surface area contributed by atoms with Crippen molar-refractivity contribution < 1.29 is 9.47 Å². The highest BCUT2D eigenvalue weighted by molar-refractivity contribution is 5.80. The number of pyridine rings is 1. The molecule has 1 aliphatic rings. The van der Waals surface area contributed by atoms with Gasteiger partial charge in [-0.05, 0) is 66.4 Å². The zero-order valence-corrected chi connectivity index (χ0v) is 21.5. The lowest BCUT2D eigenvalue weighted by atomic mass is 10.1. The monoisotopic (exact) mass is 502 g/mol. The third kappa shape index (κ3) is 5.89. The molecule has 37 heavy (non-hydrogen) atoms. The second-order valence-electron chi connectivity index (χ2n) is 9.47. The van der Waals surface area contributed by atoms with E-state index in [0.29, 0.717) is 31.8 Å². The Labute approximate surface area is 216 Å². The zero-order valence-electron chi connectivity index (χ0n) is 21.5. The molecule has 2 atom stereocenters. The summed E-state index contributed by atoms with van der Waals surface area (Å²) in [6.07, 6.45) is 3.00. The molecule has 0 unspecified atom stereocenters. The van der Waals surface area contributed by atoms with E-state index in [1.807, 2.05) is 54.1 Å². The first-order valence-corrected chi connectivity index (χ1v) is 13.1. The molecule has 4 aromatic rings. The van der Waals surface area contributed by atoms with Gasteiger partial charge in [-0.2, -0.15) is 0 Å². The molecule has 0 radical (unpaired) electrons. The highest BCUT2D eigenvalue weighted by atomic mass is 16.5. The minimum atomic E-state index is -0.0940. The number of tetrazole rings is 1. The standard InChI is InChI=1S/C28H34N6O3/c1-3-26(27-30-31-32-34(27)19-24-11-8-14-37-24)33(17-20-9-6-5-7-10-20)18-22-15-21-16-23(36-4-2)12-13-25(21)29-28(22)35/h5-7,9-10,12-13,15-16,24,26H,3-4,8,11,14,17-19H2,1-2H3,(H,29,35)/t24-,26+/m1/s1. The van der Waals surface area contributed by atoms with Crippen LogP contribution >= 0.6 is 0 Å². The summed E-state index contributed by atoms with van der Waals surface area (Å²) in [5.41, 5.74) is 2.55. The van der Waals surface area contributed by atoms with Gasteiger partial charge in [0.2, 0.25) is 0 Å². The van der Waals surface area contributed by atoms with Gasteiger partial charge >= 0.3 is 0 Å². The number of benzene rings is 2. The van der Waals surface area contributed by atoms with Crippen LogP contribution in [0.5, 0.6) is 5.75 Å². The number of ether oxygens (including phenoxy) is 2. The summed E-state index contributed by atoms with van der Waals surface area (Å²) in [5, 5.41) is 13.7. The van der Waals surface area contributed by atoms with Crippen LogP contribution in [0.1, 0.15) is 56.1 Å². The summed E-state index contributed by atoms with van der Waals surface area (Å²) in [6, 6.07) is 17.9. The third-order valence-electron chi connectivity index (χ3n) is 6.89. The maximum absolute atomic E-state index is 13.2. The minimum absolute atomic E-state index is 0.0820. The predicted octanol–water partition coefficient (Wildman–Crippen LogP) is 4.25. The van der Waals surface area contributed by atoms with Crippen LogP contribution in [0.3, 0.4) is 0 Å². The van der Waals surface area contributed by atoms with Gasteiger partial charge in [0.05, 0.1) is 25.3 Å². The first kappa shape index (κ1) is 25.1. The molecule has 0 bridgehead atoms. The lowest BCUT2D eigenvalue weighted by Crippen LogP contribution is -2.33. The van der Waals surface area contributed by atoms with Crippen LogP contribution in [0.25, 0.3) is 10.9 Å². The van der Waals surface area contributed by atoms with E-state index in [9.17, 15) is 4.79 Å². The second-order valence-corrected chi connectivity index (χ2v) is 9.47. The summed E-state index contributed by atoms with van der Waals surface area (Å²) >= 11 is 0. The van der Waals surface area contributed by atoms with Crippen LogP contribution in [0.2, 0.25) is 0 Å². The molecule has 1 saturated heterocycles. The molecule has 5 rings (SSSR count). The van der Waals surface area contributed by atoms with Gasteiger partial charge in [-0.1, -0.05) is 37.3 Å². The van der Waals surface area contributed by atoms with Gasteiger partial charge in [-0.15, -0.1) is 5.10 Å². The van der Waals surface area contributed by atoms with Crippen molar-refractivity contribution in [3.05, 3.63) is 81.9 Å². The Morgan fingerprint density at radius 1 is 1.16 bits per heavy atom. The van der Waals surface area contributed by atoms with E-state index >= 15 is 0 Å². The van der Waals surface area contributed by atoms with Crippen LogP contribution in [0.15, 0.2) is 59.4 Å². The van der Waals surface area contributed by atoms with Crippen molar-refractivity contribution in [1.82, 2.24) is 30.1 Å². The van der Waals surface area contributed by atoms with Gasteiger partial charge in [0.15, 0.2) is 5.82 Å². The van der Waals surface area contributed by atoms with Crippen molar-refractivity contribution in [3.63, 3.8) is 0 Å². The van der Waals surface area contributed by atoms with E-state index in [2.05, 4.69) is 44.5 Å². The Morgan fingerprint density at radius 3 is 2.78 bits per heavy atom. The Balaban J connectivity index is 1.49. The molecular formula is C28H34N6O3. The Kier molecular flexibility index (Phi) is 7.91. The van der Waals surface area contributed by atoms with E-state index < -0.39 is 0 Å². The average molecular weight is 503 g/mol.